The number of nitriles is 1. The van der Waals surface area contributed by atoms with Gasteiger partial charge in [0.15, 0.2) is 0 Å². The highest BCUT2D eigenvalue weighted by Gasteiger charge is 2.46. The zero-order chi connectivity index (χ0) is 16.4. The number of amides is 1. The van der Waals surface area contributed by atoms with Gasteiger partial charge in [-0.05, 0) is 38.5 Å². The molecular formula is C16H20ClN3O2. The van der Waals surface area contributed by atoms with E-state index in [1.807, 2.05) is 45.0 Å². The van der Waals surface area contributed by atoms with E-state index in [9.17, 15) is 10.1 Å². The Bertz CT molecular complexity index is 581. The maximum atomic E-state index is 11.9. The van der Waals surface area contributed by atoms with Gasteiger partial charge in [0.05, 0.1) is 19.2 Å². The van der Waals surface area contributed by atoms with Crippen molar-refractivity contribution in [2.24, 2.45) is 0 Å². The van der Waals surface area contributed by atoms with Crippen molar-refractivity contribution in [3.8, 4) is 6.07 Å². The molecule has 0 aliphatic carbocycles. The molecule has 2 rings (SSSR count). The van der Waals surface area contributed by atoms with Crippen LogP contribution in [0.2, 0.25) is 5.02 Å². The van der Waals surface area contributed by atoms with Gasteiger partial charge in [0.1, 0.15) is 11.1 Å². The van der Waals surface area contributed by atoms with Crippen molar-refractivity contribution in [2.75, 3.05) is 13.1 Å². The molecule has 0 bridgehead atoms. The van der Waals surface area contributed by atoms with Crippen LogP contribution in [0.1, 0.15) is 26.3 Å². The van der Waals surface area contributed by atoms with E-state index >= 15 is 0 Å². The number of halogens is 1. The molecule has 0 saturated carbocycles. The summed E-state index contributed by atoms with van der Waals surface area (Å²) in [5, 5.41) is 13.3. The van der Waals surface area contributed by atoms with E-state index < -0.39 is 11.1 Å². The molecule has 0 unspecified atom stereocenters. The van der Waals surface area contributed by atoms with Crippen LogP contribution in [0.4, 0.5) is 4.79 Å². The third-order valence-electron chi connectivity index (χ3n) is 3.33. The molecule has 5 nitrogen and oxygen atoms in total. The Hall–Kier alpha value is -1.77. The minimum Gasteiger partial charge on any atom is -0.444 e. The van der Waals surface area contributed by atoms with E-state index in [0.717, 1.165) is 5.56 Å². The minimum atomic E-state index is -0.712. The summed E-state index contributed by atoms with van der Waals surface area (Å²) in [5.74, 6) is 0. The van der Waals surface area contributed by atoms with E-state index in [2.05, 4.69) is 11.4 Å². The summed E-state index contributed by atoms with van der Waals surface area (Å²) in [4.78, 5) is 13.4. The zero-order valence-electron chi connectivity index (χ0n) is 13.0. The van der Waals surface area contributed by atoms with Crippen LogP contribution in [0.5, 0.6) is 0 Å². The lowest BCUT2D eigenvalue weighted by molar-refractivity contribution is -0.00517. The summed E-state index contributed by atoms with van der Waals surface area (Å²) >= 11 is 5.84. The predicted molar refractivity (Wildman–Crippen MR) is 84.4 cm³/mol. The van der Waals surface area contributed by atoms with E-state index in [1.54, 1.807) is 0 Å². The molecule has 1 aliphatic heterocycles. The molecule has 1 aromatic carbocycles. The van der Waals surface area contributed by atoms with Crippen molar-refractivity contribution in [1.29, 1.82) is 5.26 Å². The lowest BCUT2D eigenvalue weighted by atomic mass is 9.91. The van der Waals surface area contributed by atoms with Crippen molar-refractivity contribution in [3.63, 3.8) is 0 Å². The average Bonchev–Trinajstić information content (AvgIpc) is 2.38. The van der Waals surface area contributed by atoms with Crippen molar-refractivity contribution < 1.29 is 9.53 Å². The number of benzene rings is 1. The number of rotatable bonds is 3. The lowest BCUT2D eigenvalue weighted by Gasteiger charge is -2.45. The third-order valence-corrected chi connectivity index (χ3v) is 3.58. The van der Waals surface area contributed by atoms with Crippen LogP contribution < -0.4 is 5.32 Å². The van der Waals surface area contributed by atoms with Gasteiger partial charge in [-0.1, -0.05) is 23.7 Å². The Morgan fingerprint density at radius 2 is 2.00 bits per heavy atom. The molecule has 1 amide bonds. The molecular weight excluding hydrogens is 302 g/mol. The van der Waals surface area contributed by atoms with Crippen molar-refractivity contribution in [2.45, 2.75) is 38.5 Å². The first-order valence-electron chi connectivity index (χ1n) is 7.12. The molecule has 1 aromatic rings. The molecule has 22 heavy (non-hydrogen) atoms. The maximum absolute atomic E-state index is 11.9. The highest BCUT2D eigenvalue weighted by molar-refractivity contribution is 6.30. The van der Waals surface area contributed by atoms with E-state index in [1.165, 1.54) is 4.90 Å². The Labute approximate surface area is 135 Å². The number of carbonyl (C=O) groups excluding carboxylic acids is 1. The van der Waals surface area contributed by atoms with Gasteiger partial charge in [-0.3, -0.25) is 5.32 Å². The van der Waals surface area contributed by atoms with Crippen LogP contribution in [0.15, 0.2) is 24.3 Å². The Morgan fingerprint density at radius 1 is 1.41 bits per heavy atom. The van der Waals surface area contributed by atoms with E-state index in [4.69, 9.17) is 16.3 Å². The van der Waals surface area contributed by atoms with Crippen LogP contribution in [0.25, 0.3) is 0 Å². The summed E-state index contributed by atoms with van der Waals surface area (Å²) in [6, 6.07) is 9.69. The van der Waals surface area contributed by atoms with Crippen molar-refractivity contribution in [3.05, 3.63) is 34.9 Å². The number of ether oxygens (including phenoxy) is 1. The van der Waals surface area contributed by atoms with Gasteiger partial charge >= 0.3 is 6.09 Å². The van der Waals surface area contributed by atoms with Crippen LogP contribution in [0, 0.1) is 11.3 Å². The first-order valence-corrected chi connectivity index (χ1v) is 7.49. The number of nitrogens with one attached hydrogen (secondary N) is 1. The van der Waals surface area contributed by atoms with Gasteiger partial charge in [-0.25, -0.2) is 4.79 Å². The van der Waals surface area contributed by atoms with Crippen LogP contribution >= 0.6 is 11.6 Å². The first kappa shape index (κ1) is 16.6. The third kappa shape index (κ3) is 4.12. The zero-order valence-corrected chi connectivity index (χ0v) is 13.8. The van der Waals surface area contributed by atoms with Gasteiger partial charge in [0.25, 0.3) is 0 Å². The number of carbonyl (C=O) groups is 1. The molecule has 0 aromatic heterocycles. The quantitative estimate of drug-likeness (QED) is 0.929. The number of nitrogens with zero attached hydrogens (tertiary/aromatic N) is 2. The summed E-state index contributed by atoms with van der Waals surface area (Å²) in [7, 11) is 0. The van der Waals surface area contributed by atoms with Crippen LogP contribution in [-0.4, -0.2) is 35.2 Å². The fourth-order valence-corrected chi connectivity index (χ4v) is 2.28. The minimum absolute atomic E-state index is 0.325. The SMILES string of the molecule is CC(C)(C)OC(=O)N1CC(C#N)(NCc2ccc(Cl)cc2)C1. The molecule has 1 saturated heterocycles. The largest absolute Gasteiger partial charge is 0.444 e. The number of hydrogen-bond donors (Lipinski definition) is 1. The van der Waals surface area contributed by atoms with Crippen molar-refractivity contribution >= 4 is 17.7 Å². The monoisotopic (exact) mass is 321 g/mol. The van der Waals surface area contributed by atoms with E-state index in [0.29, 0.717) is 24.7 Å². The molecule has 0 spiro atoms. The van der Waals surface area contributed by atoms with Gasteiger partial charge in [0.2, 0.25) is 0 Å². The maximum Gasteiger partial charge on any atom is 0.410 e. The number of hydrogen-bond acceptors (Lipinski definition) is 4. The van der Waals surface area contributed by atoms with Crippen molar-refractivity contribution in [1.82, 2.24) is 10.2 Å². The standard InChI is InChI=1S/C16H20ClN3O2/c1-15(2,3)22-14(21)20-10-16(9-18,11-20)19-8-12-4-6-13(17)7-5-12/h4-7,19H,8,10-11H2,1-3H3. The van der Waals surface area contributed by atoms with Gasteiger partial charge < -0.3 is 9.64 Å². The van der Waals surface area contributed by atoms with Gasteiger partial charge in [-0.15, -0.1) is 0 Å². The highest BCUT2D eigenvalue weighted by Crippen LogP contribution is 2.23. The fourth-order valence-electron chi connectivity index (χ4n) is 2.16. The second kappa shape index (κ2) is 6.15. The predicted octanol–water partition coefficient (Wildman–Crippen LogP) is 2.94. The molecule has 0 radical (unpaired) electrons. The second-order valence-corrected chi connectivity index (χ2v) is 6.95. The summed E-state index contributed by atoms with van der Waals surface area (Å²) in [6.07, 6.45) is -0.383. The Morgan fingerprint density at radius 3 is 2.50 bits per heavy atom. The molecule has 118 valence electrons. The fraction of sp³-hybridized carbons (Fsp3) is 0.500. The molecule has 1 N–H and O–H groups in total. The Balaban J connectivity index is 1.87. The second-order valence-electron chi connectivity index (χ2n) is 6.51. The van der Waals surface area contributed by atoms with Crippen LogP contribution in [0.3, 0.4) is 0 Å². The smallest absolute Gasteiger partial charge is 0.410 e. The van der Waals surface area contributed by atoms with Gasteiger partial charge in [0, 0.05) is 11.6 Å². The summed E-state index contributed by atoms with van der Waals surface area (Å²) in [5.41, 5.74) is -0.204. The summed E-state index contributed by atoms with van der Waals surface area (Å²) in [6.45, 7) is 6.66. The first-order chi connectivity index (χ1) is 10.2. The molecule has 1 fully saturated rings. The van der Waals surface area contributed by atoms with Gasteiger partial charge in [-0.2, -0.15) is 5.26 Å². The average molecular weight is 322 g/mol. The Kier molecular flexibility index (Phi) is 4.64. The normalized spacial score (nSPS) is 16.6. The summed E-state index contributed by atoms with van der Waals surface area (Å²) < 4.78 is 5.29. The van der Waals surface area contributed by atoms with Crippen LogP contribution in [-0.2, 0) is 11.3 Å². The molecule has 1 heterocycles. The highest BCUT2D eigenvalue weighted by atomic mass is 35.5. The molecule has 1 aliphatic rings. The molecule has 6 heteroatoms. The number of likely N-dealkylation sites (tertiary alicyclic amines) is 1. The lowest BCUT2D eigenvalue weighted by Crippen LogP contribution is -2.69. The topological polar surface area (TPSA) is 65.4 Å². The van der Waals surface area contributed by atoms with E-state index in [-0.39, 0.29) is 6.09 Å². The molecule has 0 atom stereocenters.